The van der Waals surface area contributed by atoms with Gasteiger partial charge in [0.1, 0.15) is 0 Å². The zero-order valence-electron chi connectivity index (χ0n) is 19.7. The Kier molecular flexibility index (Phi) is 7.62. The van der Waals surface area contributed by atoms with E-state index in [1.165, 1.54) is 40.7 Å². The first-order valence-corrected chi connectivity index (χ1v) is 11.3. The monoisotopic (exact) mass is 413 g/mol. The molecule has 3 heteroatoms. The fourth-order valence-corrected chi connectivity index (χ4v) is 3.86. The van der Waals surface area contributed by atoms with Gasteiger partial charge in [-0.3, -0.25) is 4.68 Å². The van der Waals surface area contributed by atoms with Crippen molar-refractivity contribution >= 4 is 16.6 Å². The van der Waals surface area contributed by atoms with Crippen LogP contribution in [0.25, 0.3) is 16.6 Å². The summed E-state index contributed by atoms with van der Waals surface area (Å²) in [5, 5.41) is 5.90. The predicted molar refractivity (Wildman–Crippen MR) is 133 cm³/mol. The summed E-state index contributed by atoms with van der Waals surface area (Å²) in [4.78, 5) is 4.64. The van der Waals surface area contributed by atoms with Crippen molar-refractivity contribution in [2.75, 3.05) is 0 Å². The fraction of sp³-hybridized carbons (Fsp3) is 0.357. The second kappa shape index (κ2) is 10.4. The predicted octanol–water partition coefficient (Wildman–Crippen LogP) is 7.50. The van der Waals surface area contributed by atoms with E-state index in [0.717, 1.165) is 41.8 Å². The molecule has 0 spiro atoms. The van der Waals surface area contributed by atoms with Crippen molar-refractivity contribution in [3.8, 4) is 0 Å². The van der Waals surface area contributed by atoms with Gasteiger partial charge >= 0.3 is 0 Å². The van der Waals surface area contributed by atoms with Gasteiger partial charge in [0.25, 0.3) is 0 Å². The standard InChI is InChI=1S/C21H25N3.C7H10/c1-6-7-15(3)19-12-16(4)22-21-20(19)17(5)24(23-21)13-18-10-8-14(2)9-11-18;1-7-5-3-2-4-6-7/h8-12H,3,6-7,13H2,1-2,4-5H3;2-3,5H,4,6H2,1H3. The minimum atomic E-state index is 0.765. The van der Waals surface area contributed by atoms with Gasteiger partial charge in [-0.2, -0.15) is 5.10 Å². The van der Waals surface area contributed by atoms with Crippen LogP contribution >= 0.6 is 0 Å². The summed E-state index contributed by atoms with van der Waals surface area (Å²) in [7, 11) is 0. The molecule has 0 bridgehead atoms. The molecule has 1 aromatic carbocycles. The molecule has 0 unspecified atom stereocenters. The van der Waals surface area contributed by atoms with E-state index in [0.29, 0.717) is 0 Å². The summed E-state index contributed by atoms with van der Waals surface area (Å²) in [5.41, 5.74) is 9.38. The van der Waals surface area contributed by atoms with Gasteiger partial charge in [-0.1, -0.05) is 73.6 Å². The molecule has 0 aliphatic heterocycles. The first-order chi connectivity index (χ1) is 14.9. The maximum atomic E-state index is 4.76. The van der Waals surface area contributed by atoms with Crippen molar-refractivity contribution in [1.82, 2.24) is 14.8 Å². The van der Waals surface area contributed by atoms with E-state index in [2.05, 4.69) is 92.5 Å². The third-order valence-electron chi connectivity index (χ3n) is 5.70. The van der Waals surface area contributed by atoms with Crippen LogP contribution in [-0.2, 0) is 6.54 Å². The molecular formula is C28H35N3. The van der Waals surface area contributed by atoms with E-state index in [1.807, 2.05) is 6.92 Å². The molecule has 1 aliphatic rings. The fourth-order valence-electron chi connectivity index (χ4n) is 3.86. The number of aryl methyl sites for hydroxylation is 3. The molecule has 0 radical (unpaired) electrons. The lowest BCUT2D eigenvalue weighted by molar-refractivity contribution is 0.671. The Bertz CT molecular complexity index is 1110. The van der Waals surface area contributed by atoms with Crippen LogP contribution in [0.15, 0.2) is 60.7 Å². The van der Waals surface area contributed by atoms with Crippen molar-refractivity contribution in [2.45, 2.75) is 66.8 Å². The molecule has 0 fully saturated rings. The van der Waals surface area contributed by atoms with Crippen molar-refractivity contribution < 1.29 is 0 Å². The summed E-state index contributed by atoms with van der Waals surface area (Å²) < 4.78 is 2.06. The lowest BCUT2D eigenvalue weighted by Gasteiger charge is -2.08. The van der Waals surface area contributed by atoms with Crippen LogP contribution in [0.1, 0.15) is 67.6 Å². The summed E-state index contributed by atoms with van der Waals surface area (Å²) in [5.74, 6) is 0. The van der Waals surface area contributed by atoms with Gasteiger partial charge in [0, 0.05) is 16.8 Å². The van der Waals surface area contributed by atoms with E-state index >= 15 is 0 Å². The number of rotatable bonds is 5. The Labute approximate surface area is 187 Å². The number of nitrogens with zero attached hydrogens (tertiary/aromatic N) is 3. The van der Waals surface area contributed by atoms with E-state index < -0.39 is 0 Å². The highest BCUT2D eigenvalue weighted by molar-refractivity contribution is 5.91. The minimum absolute atomic E-state index is 0.765. The lowest BCUT2D eigenvalue weighted by Crippen LogP contribution is -2.03. The summed E-state index contributed by atoms with van der Waals surface area (Å²) >= 11 is 0. The van der Waals surface area contributed by atoms with Crippen LogP contribution in [0.5, 0.6) is 0 Å². The van der Waals surface area contributed by atoms with Crippen molar-refractivity contribution in [3.05, 3.63) is 88.8 Å². The summed E-state index contributed by atoms with van der Waals surface area (Å²) in [6.07, 6.45) is 11.1. The maximum Gasteiger partial charge on any atom is 0.182 e. The second-order valence-corrected chi connectivity index (χ2v) is 8.57. The Balaban J connectivity index is 0.000000330. The van der Waals surface area contributed by atoms with Crippen LogP contribution in [-0.4, -0.2) is 14.8 Å². The van der Waals surface area contributed by atoms with Gasteiger partial charge < -0.3 is 0 Å². The van der Waals surface area contributed by atoms with E-state index in [-0.39, 0.29) is 0 Å². The van der Waals surface area contributed by atoms with Crippen molar-refractivity contribution in [1.29, 1.82) is 0 Å². The first kappa shape index (κ1) is 22.7. The van der Waals surface area contributed by atoms with Gasteiger partial charge in [0.2, 0.25) is 0 Å². The van der Waals surface area contributed by atoms with Crippen LogP contribution in [0.4, 0.5) is 0 Å². The van der Waals surface area contributed by atoms with Crippen molar-refractivity contribution in [3.63, 3.8) is 0 Å². The topological polar surface area (TPSA) is 30.7 Å². The number of allylic oxidation sites excluding steroid dienone is 5. The Hall–Kier alpha value is -2.94. The molecule has 4 rings (SSSR count). The summed E-state index contributed by atoms with van der Waals surface area (Å²) in [6, 6.07) is 10.8. The Morgan fingerprint density at radius 2 is 1.84 bits per heavy atom. The third-order valence-corrected chi connectivity index (χ3v) is 5.70. The van der Waals surface area contributed by atoms with Gasteiger partial charge in [-0.25, -0.2) is 4.98 Å². The zero-order valence-corrected chi connectivity index (χ0v) is 19.7. The van der Waals surface area contributed by atoms with Crippen molar-refractivity contribution in [2.24, 2.45) is 0 Å². The van der Waals surface area contributed by atoms with Gasteiger partial charge in [-0.05, 0) is 69.7 Å². The van der Waals surface area contributed by atoms with E-state index in [1.54, 1.807) is 0 Å². The van der Waals surface area contributed by atoms with Gasteiger partial charge in [0.15, 0.2) is 5.65 Å². The molecule has 2 aromatic heterocycles. The molecule has 1 aliphatic carbocycles. The highest BCUT2D eigenvalue weighted by Crippen LogP contribution is 2.29. The Morgan fingerprint density at radius 3 is 2.42 bits per heavy atom. The van der Waals surface area contributed by atoms with Gasteiger partial charge in [-0.15, -0.1) is 0 Å². The number of fused-ring (bicyclic) bond motifs is 1. The molecule has 0 saturated carbocycles. The normalized spacial score (nSPS) is 13.0. The molecule has 3 aromatic rings. The number of hydrogen-bond donors (Lipinski definition) is 0. The second-order valence-electron chi connectivity index (χ2n) is 8.57. The molecule has 0 amide bonds. The molecule has 0 atom stereocenters. The maximum absolute atomic E-state index is 4.76. The molecule has 3 nitrogen and oxygen atoms in total. The van der Waals surface area contributed by atoms with Crippen LogP contribution in [0, 0.1) is 20.8 Å². The van der Waals surface area contributed by atoms with Crippen LogP contribution in [0.3, 0.4) is 0 Å². The van der Waals surface area contributed by atoms with E-state index in [9.17, 15) is 0 Å². The largest absolute Gasteiger partial charge is 0.263 e. The smallest absolute Gasteiger partial charge is 0.182 e. The SMILES string of the molecule is C=C(CCC)c1cc(C)nc2nn(Cc3ccc(C)cc3)c(C)c12.CC1=CC=CCC1. The molecule has 0 saturated heterocycles. The quantitative estimate of drug-likeness (QED) is 0.433. The Morgan fingerprint density at radius 1 is 1.10 bits per heavy atom. The molecule has 0 N–H and O–H groups in total. The average molecular weight is 414 g/mol. The highest BCUT2D eigenvalue weighted by atomic mass is 15.3. The van der Waals surface area contributed by atoms with Crippen LogP contribution in [0.2, 0.25) is 0 Å². The van der Waals surface area contributed by atoms with Gasteiger partial charge in [0.05, 0.1) is 6.54 Å². The minimum Gasteiger partial charge on any atom is -0.263 e. The summed E-state index contributed by atoms with van der Waals surface area (Å²) in [6.45, 7) is 15.7. The number of hydrogen-bond acceptors (Lipinski definition) is 2. The number of pyridine rings is 1. The zero-order chi connectivity index (χ0) is 22.4. The molecule has 162 valence electrons. The van der Waals surface area contributed by atoms with Crippen LogP contribution < -0.4 is 0 Å². The highest BCUT2D eigenvalue weighted by Gasteiger charge is 2.15. The van der Waals surface area contributed by atoms with E-state index in [4.69, 9.17) is 5.10 Å². The molecular weight excluding hydrogens is 378 g/mol. The first-order valence-electron chi connectivity index (χ1n) is 11.3. The lowest BCUT2D eigenvalue weighted by atomic mass is 9.99. The molecule has 2 heterocycles. The average Bonchev–Trinajstić information content (AvgIpc) is 3.05. The molecule has 31 heavy (non-hydrogen) atoms. The number of benzene rings is 1. The number of aromatic nitrogens is 3. The third kappa shape index (κ3) is 5.81.